The minimum absolute atomic E-state index is 0.00171. The van der Waals surface area contributed by atoms with E-state index in [4.69, 9.17) is 22.3 Å². The molecule has 4 atom stereocenters. The lowest BCUT2D eigenvalue weighted by molar-refractivity contribution is -0.116. The highest BCUT2D eigenvalue weighted by atomic mass is 35.5. The van der Waals surface area contributed by atoms with Gasteiger partial charge < -0.3 is 16.4 Å². The molecule has 5 aliphatic carbocycles. The fraction of sp³-hybridized carbons (Fsp3) is 0.500. The number of anilines is 2. The summed E-state index contributed by atoms with van der Waals surface area (Å²) in [4.78, 5) is 17.8. The molecule has 2 saturated carbocycles. The summed E-state index contributed by atoms with van der Waals surface area (Å²) in [5.41, 5.74) is 12.9. The SMILES string of the molecule is NC12CC3CC(F)(CC(C1)c1cc(NC(=O)CCCNc4c5c(nc6cc(Cl)ccc46)CCCC5)ccc13)C2. The first-order chi connectivity index (χ1) is 18.8. The topological polar surface area (TPSA) is 80.0 Å². The van der Waals surface area contributed by atoms with Gasteiger partial charge in [0.2, 0.25) is 5.91 Å². The first-order valence-electron chi connectivity index (χ1n) is 14.5. The Bertz CT molecular complexity index is 1460. The highest BCUT2D eigenvalue weighted by molar-refractivity contribution is 6.31. The van der Waals surface area contributed by atoms with E-state index in [-0.39, 0.29) is 17.7 Å². The van der Waals surface area contributed by atoms with Crippen molar-refractivity contribution in [3.63, 3.8) is 0 Å². The first kappa shape index (κ1) is 25.3. The summed E-state index contributed by atoms with van der Waals surface area (Å²) in [6, 6.07) is 12.1. The fourth-order valence-electron chi connectivity index (χ4n) is 8.20. The van der Waals surface area contributed by atoms with Gasteiger partial charge in [-0.2, -0.15) is 0 Å². The van der Waals surface area contributed by atoms with Crippen LogP contribution in [-0.2, 0) is 17.6 Å². The molecule has 5 aliphatic rings. The molecule has 1 aromatic heterocycles. The maximum Gasteiger partial charge on any atom is 0.224 e. The van der Waals surface area contributed by atoms with Crippen LogP contribution in [0.4, 0.5) is 15.8 Å². The van der Waals surface area contributed by atoms with Crippen molar-refractivity contribution < 1.29 is 9.18 Å². The molecule has 8 rings (SSSR count). The zero-order valence-corrected chi connectivity index (χ0v) is 23.0. The molecular weight excluding hydrogens is 511 g/mol. The summed E-state index contributed by atoms with van der Waals surface area (Å²) in [5, 5.41) is 8.52. The van der Waals surface area contributed by atoms with Crippen molar-refractivity contribution in [2.24, 2.45) is 5.73 Å². The number of aryl methyl sites for hydroxylation is 1. The van der Waals surface area contributed by atoms with E-state index < -0.39 is 11.2 Å². The van der Waals surface area contributed by atoms with Gasteiger partial charge in [0.05, 0.1) is 5.52 Å². The third-order valence-electron chi connectivity index (χ3n) is 9.56. The second kappa shape index (κ2) is 9.45. The Hall–Kier alpha value is -2.70. The molecule has 1 amide bonds. The second-order valence-corrected chi connectivity index (χ2v) is 13.0. The number of nitrogens with one attached hydrogen (secondary N) is 2. The molecule has 0 radical (unpaired) electrons. The van der Waals surface area contributed by atoms with Crippen LogP contribution in [0, 0.1) is 0 Å². The van der Waals surface area contributed by atoms with Crippen LogP contribution in [0.5, 0.6) is 0 Å². The lowest BCUT2D eigenvalue weighted by Crippen LogP contribution is -2.55. The quantitative estimate of drug-likeness (QED) is 0.286. The monoisotopic (exact) mass is 546 g/mol. The molecule has 4 unspecified atom stereocenters. The third-order valence-corrected chi connectivity index (χ3v) is 9.79. The van der Waals surface area contributed by atoms with Crippen LogP contribution < -0.4 is 16.4 Å². The number of nitrogens with two attached hydrogens (primary N) is 1. The molecule has 204 valence electrons. The van der Waals surface area contributed by atoms with E-state index in [1.165, 1.54) is 28.8 Å². The lowest BCUT2D eigenvalue weighted by Gasteiger charge is -2.49. The number of hydrogen-bond donors (Lipinski definition) is 3. The molecule has 4 bridgehead atoms. The molecule has 2 aromatic carbocycles. The van der Waals surface area contributed by atoms with Crippen molar-refractivity contribution in [3.05, 3.63) is 63.8 Å². The number of pyridine rings is 1. The Morgan fingerprint density at radius 2 is 1.85 bits per heavy atom. The van der Waals surface area contributed by atoms with Gasteiger partial charge in [-0.3, -0.25) is 9.78 Å². The van der Waals surface area contributed by atoms with Gasteiger partial charge in [-0.15, -0.1) is 0 Å². The van der Waals surface area contributed by atoms with E-state index in [0.717, 1.165) is 54.4 Å². The number of hydrogen-bond acceptors (Lipinski definition) is 4. The van der Waals surface area contributed by atoms with Gasteiger partial charge in [0.15, 0.2) is 0 Å². The van der Waals surface area contributed by atoms with Crippen LogP contribution in [0.15, 0.2) is 36.4 Å². The van der Waals surface area contributed by atoms with Gasteiger partial charge in [0, 0.05) is 46.0 Å². The zero-order valence-electron chi connectivity index (χ0n) is 22.3. The number of carbonyl (C=O) groups excluding carboxylic acids is 1. The standard InChI is InChI=1S/C32H36ClFN4O/c33-21-7-9-25-28(12-21)38-27-5-2-1-4-24(27)30(25)36-11-3-6-29(39)37-22-8-10-23-19-14-31(34)15-20(26(23)13-22)17-32(35,16-19)18-31/h7-10,12-13,19-20H,1-6,11,14-18,35H2,(H,36,38)(H,37,39). The zero-order chi connectivity index (χ0) is 26.8. The van der Waals surface area contributed by atoms with E-state index in [9.17, 15) is 4.79 Å². The van der Waals surface area contributed by atoms with E-state index in [0.29, 0.717) is 43.7 Å². The van der Waals surface area contributed by atoms with E-state index in [2.05, 4.69) is 22.8 Å². The molecule has 7 heteroatoms. The summed E-state index contributed by atoms with van der Waals surface area (Å²) >= 11 is 6.25. The van der Waals surface area contributed by atoms with Crippen LogP contribution in [0.3, 0.4) is 0 Å². The van der Waals surface area contributed by atoms with Crippen LogP contribution in [0.2, 0.25) is 5.02 Å². The first-order valence-corrected chi connectivity index (χ1v) is 14.9. The number of nitrogens with zero attached hydrogens (tertiary/aromatic N) is 1. The molecule has 5 nitrogen and oxygen atoms in total. The number of amides is 1. The minimum atomic E-state index is -1.15. The number of alkyl halides is 1. The van der Waals surface area contributed by atoms with E-state index in [1.807, 2.05) is 24.3 Å². The average Bonchev–Trinajstić information content (AvgIpc) is 3.02. The Kier molecular flexibility index (Phi) is 6.12. The average molecular weight is 547 g/mol. The number of aromatic nitrogens is 1. The number of fused-ring (bicyclic) bond motifs is 2. The van der Waals surface area contributed by atoms with Crippen molar-refractivity contribution in [2.75, 3.05) is 17.2 Å². The van der Waals surface area contributed by atoms with Crippen molar-refractivity contribution in [2.45, 2.75) is 93.7 Å². The number of rotatable bonds is 6. The smallest absolute Gasteiger partial charge is 0.224 e. The van der Waals surface area contributed by atoms with Gasteiger partial charge in [0.1, 0.15) is 5.67 Å². The van der Waals surface area contributed by atoms with E-state index >= 15 is 4.39 Å². The lowest BCUT2D eigenvalue weighted by atomic mass is 9.61. The number of carbonyl (C=O) groups is 1. The number of benzene rings is 2. The highest BCUT2D eigenvalue weighted by Crippen LogP contribution is 2.60. The molecule has 3 aromatic rings. The van der Waals surface area contributed by atoms with Gasteiger partial charge in [-0.25, -0.2) is 4.39 Å². The Morgan fingerprint density at radius 1 is 1.05 bits per heavy atom. The van der Waals surface area contributed by atoms with Crippen LogP contribution in [-0.4, -0.2) is 28.6 Å². The van der Waals surface area contributed by atoms with Crippen molar-refractivity contribution in [3.8, 4) is 0 Å². The second-order valence-electron chi connectivity index (χ2n) is 12.6. The molecule has 39 heavy (non-hydrogen) atoms. The third kappa shape index (κ3) is 4.70. The molecule has 4 N–H and O–H groups in total. The van der Waals surface area contributed by atoms with Crippen molar-refractivity contribution in [1.29, 1.82) is 0 Å². The molecule has 2 fully saturated rings. The largest absolute Gasteiger partial charge is 0.384 e. The van der Waals surface area contributed by atoms with Crippen LogP contribution in [0.25, 0.3) is 10.9 Å². The molecule has 0 aliphatic heterocycles. The van der Waals surface area contributed by atoms with Crippen molar-refractivity contribution >= 4 is 39.8 Å². The predicted molar refractivity (Wildman–Crippen MR) is 156 cm³/mol. The Morgan fingerprint density at radius 3 is 2.67 bits per heavy atom. The molecule has 1 heterocycles. The Balaban J connectivity index is 1.01. The predicted octanol–water partition coefficient (Wildman–Crippen LogP) is 7.16. The van der Waals surface area contributed by atoms with Crippen LogP contribution in [0.1, 0.15) is 92.0 Å². The minimum Gasteiger partial charge on any atom is -0.384 e. The Labute approximate surface area is 234 Å². The van der Waals surface area contributed by atoms with Gasteiger partial charge >= 0.3 is 0 Å². The molecule has 0 spiro atoms. The molecular formula is C32H36ClFN4O. The molecule has 0 saturated heterocycles. The fourth-order valence-corrected chi connectivity index (χ4v) is 8.37. The summed E-state index contributed by atoms with van der Waals surface area (Å²) < 4.78 is 15.6. The normalized spacial score (nSPS) is 28.6. The van der Waals surface area contributed by atoms with E-state index in [1.54, 1.807) is 0 Å². The van der Waals surface area contributed by atoms with Crippen molar-refractivity contribution in [1.82, 2.24) is 4.98 Å². The highest BCUT2D eigenvalue weighted by Gasteiger charge is 2.56. The van der Waals surface area contributed by atoms with Gasteiger partial charge in [-0.05, 0) is 123 Å². The number of halogens is 2. The summed E-state index contributed by atoms with van der Waals surface area (Å²) in [5.74, 6) is 0.313. The summed E-state index contributed by atoms with van der Waals surface area (Å²) in [6.07, 6.45) is 8.83. The summed E-state index contributed by atoms with van der Waals surface area (Å²) in [6.45, 7) is 0.701. The van der Waals surface area contributed by atoms with Gasteiger partial charge in [-0.1, -0.05) is 17.7 Å². The maximum absolute atomic E-state index is 15.6. The maximum atomic E-state index is 15.6. The van der Waals surface area contributed by atoms with Crippen LogP contribution >= 0.6 is 11.6 Å². The van der Waals surface area contributed by atoms with Gasteiger partial charge in [0.25, 0.3) is 0 Å². The summed E-state index contributed by atoms with van der Waals surface area (Å²) in [7, 11) is 0.